The summed E-state index contributed by atoms with van der Waals surface area (Å²) in [5.74, 6) is 1.77. The predicted octanol–water partition coefficient (Wildman–Crippen LogP) is 4.58. The molecular formula is C20H16N4O3S. The number of hydrogen-bond acceptors (Lipinski definition) is 7. The Morgan fingerprint density at radius 2 is 2.07 bits per heavy atom. The minimum Gasteiger partial charge on any atom is -0.444 e. The van der Waals surface area contributed by atoms with E-state index in [-0.39, 0.29) is 5.91 Å². The molecule has 4 aromatic rings. The standard InChI is InChI=1S/C20H16N4O3S/c1-13-9-16(24-27-13)11-28-20-17(3-2-8-22-20)19(25)23-15-6-4-14(5-7-15)18-10-21-12-26-18/h2-10,12H,11H2,1H3,(H,23,25). The molecule has 28 heavy (non-hydrogen) atoms. The van der Waals surface area contributed by atoms with E-state index in [2.05, 4.69) is 20.4 Å². The lowest BCUT2D eigenvalue weighted by Gasteiger charge is -2.09. The number of hydrogen-bond donors (Lipinski definition) is 1. The van der Waals surface area contributed by atoms with Crippen LogP contribution in [0.4, 0.5) is 5.69 Å². The first-order chi connectivity index (χ1) is 13.7. The highest BCUT2D eigenvalue weighted by atomic mass is 32.2. The third kappa shape index (κ3) is 4.12. The second-order valence-electron chi connectivity index (χ2n) is 5.97. The van der Waals surface area contributed by atoms with Crippen LogP contribution in [-0.2, 0) is 5.75 Å². The van der Waals surface area contributed by atoms with Crippen molar-refractivity contribution in [2.75, 3.05) is 5.32 Å². The number of thioether (sulfide) groups is 1. The van der Waals surface area contributed by atoms with Crippen molar-refractivity contribution in [3.63, 3.8) is 0 Å². The molecule has 0 fully saturated rings. The van der Waals surface area contributed by atoms with Gasteiger partial charge in [0, 0.05) is 29.3 Å². The van der Waals surface area contributed by atoms with Crippen LogP contribution in [0.2, 0.25) is 0 Å². The molecule has 0 saturated heterocycles. The van der Waals surface area contributed by atoms with Gasteiger partial charge in [-0.2, -0.15) is 0 Å². The molecule has 4 rings (SSSR count). The Bertz CT molecular complexity index is 1080. The molecule has 0 unspecified atom stereocenters. The number of aromatic nitrogens is 3. The van der Waals surface area contributed by atoms with E-state index in [1.165, 1.54) is 18.2 Å². The van der Waals surface area contributed by atoms with Gasteiger partial charge < -0.3 is 14.3 Å². The van der Waals surface area contributed by atoms with Crippen molar-refractivity contribution >= 4 is 23.4 Å². The molecule has 0 aliphatic heterocycles. The van der Waals surface area contributed by atoms with Crippen LogP contribution in [0.5, 0.6) is 0 Å². The zero-order valence-electron chi connectivity index (χ0n) is 15.0. The molecule has 0 spiro atoms. The van der Waals surface area contributed by atoms with Gasteiger partial charge in [0.05, 0.1) is 17.5 Å². The fourth-order valence-electron chi connectivity index (χ4n) is 2.58. The number of nitrogens with one attached hydrogen (secondary N) is 1. The van der Waals surface area contributed by atoms with E-state index in [1.54, 1.807) is 24.5 Å². The van der Waals surface area contributed by atoms with Crippen molar-refractivity contribution in [1.82, 2.24) is 15.1 Å². The quantitative estimate of drug-likeness (QED) is 0.480. The maximum Gasteiger partial charge on any atom is 0.258 e. The Morgan fingerprint density at radius 1 is 1.21 bits per heavy atom. The van der Waals surface area contributed by atoms with E-state index >= 15 is 0 Å². The summed E-state index contributed by atoms with van der Waals surface area (Å²) in [6.07, 6.45) is 4.69. The van der Waals surface area contributed by atoms with Crippen molar-refractivity contribution in [1.29, 1.82) is 0 Å². The lowest BCUT2D eigenvalue weighted by Crippen LogP contribution is -2.13. The van der Waals surface area contributed by atoms with Crippen LogP contribution >= 0.6 is 11.8 Å². The topological polar surface area (TPSA) is 94.1 Å². The highest BCUT2D eigenvalue weighted by Gasteiger charge is 2.14. The van der Waals surface area contributed by atoms with Crippen LogP contribution in [0.25, 0.3) is 11.3 Å². The number of pyridine rings is 1. The molecule has 1 N–H and O–H groups in total. The molecule has 1 amide bonds. The summed E-state index contributed by atoms with van der Waals surface area (Å²) in [6, 6.07) is 12.7. The number of rotatable bonds is 6. The van der Waals surface area contributed by atoms with Gasteiger partial charge in [-0.1, -0.05) is 16.9 Å². The summed E-state index contributed by atoms with van der Waals surface area (Å²) in [4.78, 5) is 21.0. The van der Waals surface area contributed by atoms with Crippen LogP contribution in [0.1, 0.15) is 21.8 Å². The van der Waals surface area contributed by atoms with Crippen molar-refractivity contribution < 1.29 is 13.7 Å². The highest BCUT2D eigenvalue weighted by molar-refractivity contribution is 7.98. The first-order valence-corrected chi connectivity index (χ1v) is 9.48. The number of nitrogens with zero attached hydrogens (tertiary/aromatic N) is 3. The minimum atomic E-state index is -0.223. The molecule has 0 bridgehead atoms. The van der Waals surface area contributed by atoms with Gasteiger partial charge in [-0.05, 0) is 43.3 Å². The number of aryl methyl sites for hydroxylation is 1. The summed E-state index contributed by atoms with van der Waals surface area (Å²) >= 11 is 1.44. The third-order valence-corrected chi connectivity index (χ3v) is 4.95. The fourth-order valence-corrected chi connectivity index (χ4v) is 3.45. The number of oxazole rings is 1. The van der Waals surface area contributed by atoms with E-state index in [0.29, 0.717) is 27.8 Å². The Labute approximate surface area is 165 Å². The summed E-state index contributed by atoms with van der Waals surface area (Å²) in [5.41, 5.74) is 2.88. The Hall–Kier alpha value is -3.39. The zero-order chi connectivity index (χ0) is 19.3. The van der Waals surface area contributed by atoms with E-state index < -0.39 is 0 Å². The minimum absolute atomic E-state index is 0.223. The second-order valence-corrected chi connectivity index (χ2v) is 6.93. The maximum atomic E-state index is 12.7. The summed E-state index contributed by atoms with van der Waals surface area (Å²) in [6.45, 7) is 1.84. The third-order valence-electron chi connectivity index (χ3n) is 3.91. The van der Waals surface area contributed by atoms with E-state index in [4.69, 9.17) is 8.94 Å². The van der Waals surface area contributed by atoms with E-state index in [9.17, 15) is 4.79 Å². The number of benzene rings is 1. The molecule has 0 radical (unpaired) electrons. The molecule has 3 aromatic heterocycles. The molecule has 0 atom stereocenters. The van der Waals surface area contributed by atoms with Crippen molar-refractivity contribution in [3.05, 3.63) is 78.3 Å². The van der Waals surface area contributed by atoms with Crippen LogP contribution in [-0.4, -0.2) is 21.0 Å². The Balaban J connectivity index is 1.46. The van der Waals surface area contributed by atoms with Gasteiger partial charge in [0.25, 0.3) is 5.91 Å². The lowest BCUT2D eigenvalue weighted by atomic mass is 10.1. The molecule has 0 aliphatic rings. The van der Waals surface area contributed by atoms with Gasteiger partial charge in [-0.15, -0.1) is 0 Å². The number of anilines is 1. The molecule has 3 heterocycles. The van der Waals surface area contributed by atoms with Crippen molar-refractivity contribution in [2.24, 2.45) is 0 Å². The average molecular weight is 392 g/mol. The van der Waals surface area contributed by atoms with E-state index in [1.807, 2.05) is 37.3 Å². The molecule has 140 valence electrons. The molecule has 1 aromatic carbocycles. The van der Waals surface area contributed by atoms with Crippen LogP contribution in [0.3, 0.4) is 0 Å². The molecule has 8 heteroatoms. The van der Waals surface area contributed by atoms with Gasteiger partial charge in [0.2, 0.25) is 0 Å². The number of carbonyl (C=O) groups excluding carboxylic acids is 1. The maximum absolute atomic E-state index is 12.7. The van der Waals surface area contributed by atoms with Crippen LogP contribution in [0, 0.1) is 6.92 Å². The first-order valence-electron chi connectivity index (χ1n) is 8.49. The number of amides is 1. The number of carbonyl (C=O) groups is 1. The highest BCUT2D eigenvalue weighted by Crippen LogP contribution is 2.25. The molecule has 7 nitrogen and oxygen atoms in total. The normalized spacial score (nSPS) is 10.8. The monoisotopic (exact) mass is 392 g/mol. The zero-order valence-corrected chi connectivity index (χ0v) is 15.8. The summed E-state index contributed by atoms with van der Waals surface area (Å²) < 4.78 is 10.3. The van der Waals surface area contributed by atoms with Gasteiger partial charge in [-0.25, -0.2) is 9.97 Å². The summed E-state index contributed by atoms with van der Waals surface area (Å²) in [7, 11) is 0. The molecule has 0 saturated carbocycles. The Kier molecular flexibility index (Phi) is 5.20. The van der Waals surface area contributed by atoms with Gasteiger partial charge in [-0.3, -0.25) is 4.79 Å². The second kappa shape index (κ2) is 8.10. The molecule has 0 aliphatic carbocycles. The Morgan fingerprint density at radius 3 is 2.79 bits per heavy atom. The predicted molar refractivity (Wildman–Crippen MR) is 105 cm³/mol. The van der Waals surface area contributed by atoms with E-state index in [0.717, 1.165) is 17.0 Å². The average Bonchev–Trinajstić information content (AvgIpc) is 3.39. The summed E-state index contributed by atoms with van der Waals surface area (Å²) in [5, 5.41) is 7.50. The first kappa shape index (κ1) is 18.0. The van der Waals surface area contributed by atoms with Gasteiger partial charge in [0.15, 0.2) is 12.2 Å². The van der Waals surface area contributed by atoms with Crippen molar-refractivity contribution in [2.45, 2.75) is 17.7 Å². The van der Waals surface area contributed by atoms with Gasteiger partial charge >= 0.3 is 0 Å². The fraction of sp³-hybridized carbons (Fsp3) is 0.100. The van der Waals surface area contributed by atoms with Gasteiger partial charge in [0.1, 0.15) is 10.8 Å². The van der Waals surface area contributed by atoms with Crippen molar-refractivity contribution in [3.8, 4) is 11.3 Å². The SMILES string of the molecule is Cc1cc(CSc2ncccc2C(=O)Nc2ccc(-c3cnco3)cc2)no1. The largest absolute Gasteiger partial charge is 0.444 e. The van der Waals surface area contributed by atoms with Crippen LogP contribution < -0.4 is 5.32 Å². The van der Waals surface area contributed by atoms with Crippen LogP contribution in [0.15, 0.2) is 75.2 Å². The lowest BCUT2D eigenvalue weighted by molar-refractivity contribution is 0.102. The smallest absolute Gasteiger partial charge is 0.258 e. The molecular weight excluding hydrogens is 376 g/mol.